The lowest BCUT2D eigenvalue weighted by molar-refractivity contribution is 0.0169. The maximum Gasteiger partial charge on any atom is 0.129 e. The molecule has 0 aromatic heterocycles. The summed E-state index contributed by atoms with van der Waals surface area (Å²) < 4.78 is 18.6. The van der Waals surface area contributed by atoms with Crippen molar-refractivity contribution in [2.45, 2.75) is 31.5 Å². The Bertz CT molecular complexity index is 346. The number of ether oxygens (including phenoxy) is 1. The summed E-state index contributed by atoms with van der Waals surface area (Å²) in [5, 5.41) is 3.76. The molecular formula is C12H15ClFNO. The van der Waals surface area contributed by atoms with Crippen molar-refractivity contribution in [1.82, 2.24) is 5.32 Å². The van der Waals surface area contributed by atoms with Gasteiger partial charge in [0, 0.05) is 30.3 Å². The molecule has 88 valence electrons. The molecule has 1 fully saturated rings. The number of hydrogen-bond acceptors (Lipinski definition) is 2. The van der Waals surface area contributed by atoms with Gasteiger partial charge in [0.05, 0.1) is 6.10 Å². The van der Waals surface area contributed by atoms with Crippen LogP contribution in [-0.4, -0.2) is 19.3 Å². The zero-order chi connectivity index (χ0) is 11.5. The van der Waals surface area contributed by atoms with Gasteiger partial charge in [-0.2, -0.15) is 0 Å². The molecule has 1 N–H and O–H groups in total. The Morgan fingerprint density at radius 3 is 2.88 bits per heavy atom. The number of benzene rings is 1. The third-order valence-electron chi connectivity index (χ3n) is 3.06. The summed E-state index contributed by atoms with van der Waals surface area (Å²) in [5.74, 6) is -0.248. The van der Waals surface area contributed by atoms with E-state index >= 15 is 0 Å². The van der Waals surface area contributed by atoms with Crippen LogP contribution in [0, 0.1) is 5.82 Å². The first-order chi connectivity index (χ1) is 7.70. The minimum atomic E-state index is -0.248. The third kappa shape index (κ3) is 2.54. The van der Waals surface area contributed by atoms with Crippen LogP contribution in [0.2, 0.25) is 5.02 Å². The van der Waals surface area contributed by atoms with Gasteiger partial charge in [-0.3, -0.25) is 0 Å². The standard InChI is InChI=1S/C12H15ClFNO/c1-16-9-5-8(6-9)15-7-10-11(13)3-2-4-12(10)14/h2-4,8-9,15H,5-7H2,1H3. The molecule has 2 nitrogen and oxygen atoms in total. The van der Waals surface area contributed by atoms with Crippen molar-refractivity contribution in [3.8, 4) is 0 Å². The van der Waals surface area contributed by atoms with Crippen LogP contribution in [0.5, 0.6) is 0 Å². The molecule has 0 heterocycles. The normalized spacial score (nSPS) is 24.2. The van der Waals surface area contributed by atoms with Crippen molar-refractivity contribution >= 4 is 11.6 Å². The Hall–Kier alpha value is -0.640. The quantitative estimate of drug-likeness (QED) is 0.878. The molecule has 0 amide bonds. The Kier molecular flexibility index (Phi) is 3.79. The smallest absolute Gasteiger partial charge is 0.129 e. The van der Waals surface area contributed by atoms with Gasteiger partial charge in [-0.15, -0.1) is 0 Å². The van der Waals surface area contributed by atoms with E-state index in [1.54, 1.807) is 19.2 Å². The van der Waals surface area contributed by atoms with Crippen molar-refractivity contribution in [2.24, 2.45) is 0 Å². The summed E-state index contributed by atoms with van der Waals surface area (Å²) in [5.41, 5.74) is 0.546. The van der Waals surface area contributed by atoms with Crippen LogP contribution in [0.4, 0.5) is 4.39 Å². The minimum absolute atomic E-state index is 0.248. The van der Waals surface area contributed by atoms with Crippen LogP contribution in [0.15, 0.2) is 18.2 Å². The fourth-order valence-corrected chi connectivity index (χ4v) is 2.10. The van der Waals surface area contributed by atoms with Gasteiger partial charge in [0.15, 0.2) is 0 Å². The van der Waals surface area contributed by atoms with Crippen molar-refractivity contribution in [1.29, 1.82) is 0 Å². The van der Waals surface area contributed by atoms with Crippen molar-refractivity contribution in [3.05, 3.63) is 34.6 Å². The van der Waals surface area contributed by atoms with Gasteiger partial charge < -0.3 is 10.1 Å². The summed E-state index contributed by atoms with van der Waals surface area (Å²) in [6.07, 6.45) is 2.33. The summed E-state index contributed by atoms with van der Waals surface area (Å²) in [4.78, 5) is 0. The predicted molar refractivity (Wildman–Crippen MR) is 62.1 cm³/mol. The molecule has 1 aromatic rings. The van der Waals surface area contributed by atoms with Gasteiger partial charge in [-0.05, 0) is 25.0 Å². The van der Waals surface area contributed by atoms with Gasteiger partial charge in [0.1, 0.15) is 5.82 Å². The molecule has 1 aromatic carbocycles. The molecule has 0 unspecified atom stereocenters. The predicted octanol–water partition coefficient (Wildman–Crippen LogP) is 2.75. The van der Waals surface area contributed by atoms with Crippen LogP contribution in [-0.2, 0) is 11.3 Å². The lowest BCUT2D eigenvalue weighted by atomic mass is 9.89. The summed E-state index contributed by atoms with van der Waals surface area (Å²) in [6.45, 7) is 0.479. The summed E-state index contributed by atoms with van der Waals surface area (Å²) >= 11 is 5.93. The average molecular weight is 244 g/mol. The zero-order valence-electron chi connectivity index (χ0n) is 9.17. The van der Waals surface area contributed by atoms with Crippen LogP contribution in [0.1, 0.15) is 18.4 Å². The molecule has 2 rings (SSSR count). The third-order valence-corrected chi connectivity index (χ3v) is 3.41. The van der Waals surface area contributed by atoms with Crippen LogP contribution in [0.25, 0.3) is 0 Å². The van der Waals surface area contributed by atoms with E-state index < -0.39 is 0 Å². The van der Waals surface area contributed by atoms with Crippen LogP contribution < -0.4 is 5.32 Å². The van der Waals surface area contributed by atoms with E-state index in [1.807, 2.05) is 0 Å². The monoisotopic (exact) mass is 243 g/mol. The van der Waals surface area contributed by atoms with E-state index in [2.05, 4.69) is 5.32 Å². The molecular weight excluding hydrogens is 229 g/mol. The second-order valence-corrected chi connectivity index (χ2v) is 4.51. The number of rotatable bonds is 4. The number of nitrogens with one attached hydrogen (secondary N) is 1. The fraction of sp³-hybridized carbons (Fsp3) is 0.500. The molecule has 0 saturated heterocycles. The topological polar surface area (TPSA) is 21.3 Å². The van der Waals surface area contributed by atoms with E-state index in [1.165, 1.54) is 6.07 Å². The second-order valence-electron chi connectivity index (χ2n) is 4.11. The number of halogens is 2. The average Bonchev–Trinajstić information content (AvgIpc) is 2.19. The van der Waals surface area contributed by atoms with Gasteiger partial charge in [0.25, 0.3) is 0 Å². The lowest BCUT2D eigenvalue weighted by Crippen LogP contribution is -2.44. The molecule has 1 aliphatic carbocycles. The Morgan fingerprint density at radius 2 is 2.25 bits per heavy atom. The van der Waals surface area contributed by atoms with E-state index in [0.717, 1.165) is 12.8 Å². The Labute approximate surface area is 99.7 Å². The van der Waals surface area contributed by atoms with Crippen LogP contribution >= 0.6 is 11.6 Å². The Balaban J connectivity index is 1.86. The maximum absolute atomic E-state index is 13.4. The SMILES string of the molecule is COC1CC(NCc2c(F)cccc2Cl)C1. The maximum atomic E-state index is 13.4. The first kappa shape index (κ1) is 11.8. The van der Waals surface area contributed by atoms with Crippen LogP contribution in [0.3, 0.4) is 0 Å². The molecule has 0 bridgehead atoms. The summed E-state index contributed by atoms with van der Waals surface area (Å²) in [7, 11) is 1.72. The zero-order valence-corrected chi connectivity index (χ0v) is 9.93. The summed E-state index contributed by atoms with van der Waals surface area (Å²) in [6, 6.07) is 5.17. The number of methoxy groups -OCH3 is 1. The molecule has 0 radical (unpaired) electrons. The minimum Gasteiger partial charge on any atom is -0.381 e. The molecule has 1 saturated carbocycles. The van der Waals surface area contributed by atoms with Gasteiger partial charge in [0.2, 0.25) is 0 Å². The fourth-order valence-electron chi connectivity index (χ4n) is 1.87. The highest BCUT2D eigenvalue weighted by molar-refractivity contribution is 6.31. The van der Waals surface area contributed by atoms with Gasteiger partial charge in [-0.25, -0.2) is 4.39 Å². The molecule has 16 heavy (non-hydrogen) atoms. The molecule has 1 aliphatic rings. The highest BCUT2D eigenvalue weighted by Crippen LogP contribution is 2.24. The van der Waals surface area contributed by atoms with E-state index in [0.29, 0.717) is 29.3 Å². The molecule has 0 aliphatic heterocycles. The van der Waals surface area contributed by atoms with Crippen molar-refractivity contribution < 1.29 is 9.13 Å². The van der Waals surface area contributed by atoms with E-state index in [4.69, 9.17) is 16.3 Å². The van der Waals surface area contributed by atoms with E-state index in [9.17, 15) is 4.39 Å². The molecule has 0 spiro atoms. The van der Waals surface area contributed by atoms with E-state index in [-0.39, 0.29) is 5.82 Å². The van der Waals surface area contributed by atoms with Crippen molar-refractivity contribution in [3.63, 3.8) is 0 Å². The number of hydrogen-bond donors (Lipinski definition) is 1. The second kappa shape index (κ2) is 5.13. The lowest BCUT2D eigenvalue weighted by Gasteiger charge is -2.34. The highest BCUT2D eigenvalue weighted by Gasteiger charge is 2.28. The van der Waals surface area contributed by atoms with Gasteiger partial charge in [-0.1, -0.05) is 17.7 Å². The highest BCUT2D eigenvalue weighted by atomic mass is 35.5. The van der Waals surface area contributed by atoms with Crippen molar-refractivity contribution in [2.75, 3.05) is 7.11 Å². The molecule has 4 heteroatoms. The first-order valence-electron chi connectivity index (χ1n) is 5.39. The largest absolute Gasteiger partial charge is 0.381 e. The molecule has 0 atom stereocenters. The van der Waals surface area contributed by atoms with Gasteiger partial charge >= 0.3 is 0 Å². The Morgan fingerprint density at radius 1 is 1.50 bits per heavy atom. The first-order valence-corrected chi connectivity index (χ1v) is 5.77.